The zero-order chi connectivity index (χ0) is 21.0. The van der Waals surface area contributed by atoms with Crippen LogP contribution in [0.25, 0.3) is 0 Å². The average Bonchev–Trinajstić information content (AvgIpc) is 2.71. The summed E-state index contributed by atoms with van der Waals surface area (Å²) in [6.07, 6.45) is 2.73. The van der Waals surface area contributed by atoms with Gasteiger partial charge in [-0.3, -0.25) is 14.6 Å². The lowest BCUT2D eigenvalue weighted by atomic mass is 9.98. The molecular formula is C23H22FN3O2. The predicted molar refractivity (Wildman–Crippen MR) is 112 cm³/mol. The van der Waals surface area contributed by atoms with Crippen LogP contribution >= 0.6 is 0 Å². The molecule has 0 atom stereocenters. The molecule has 0 radical (unpaired) electrons. The van der Waals surface area contributed by atoms with Crippen molar-refractivity contribution in [3.63, 3.8) is 0 Å². The number of anilines is 2. The summed E-state index contributed by atoms with van der Waals surface area (Å²) in [6.45, 7) is 6.04. The number of halogens is 1. The van der Waals surface area contributed by atoms with Crippen LogP contribution in [0.4, 0.5) is 15.8 Å². The fraction of sp³-hybridized carbons (Fsp3) is 0.174. The standard InChI is InChI=1S/C23H22FN3O2/c1-14(2)18-8-6-7-15(3)21(18)27-23(29)17-11-16(12-25-13-17)22(28)26-20-10-5-4-9-19(20)24/h4-14H,1-3H3,(H,26,28)(H,27,29). The van der Waals surface area contributed by atoms with Gasteiger partial charge in [-0.15, -0.1) is 0 Å². The second kappa shape index (κ2) is 8.65. The average molecular weight is 391 g/mol. The van der Waals surface area contributed by atoms with Crippen molar-refractivity contribution < 1.29 is 14.0 Å². The number of rotatable bonds is 5. The van der Waals surface area contributed by atoms with Crippen molar-refractivity contribution in [1.82, 2.24) is 4.98 Å². The number of hydrogen-bond donors (Lipinski definition) is 2. The van der Waals surface area contributed by atoms with Gasteiger partial charge in [-0.1, -0.05) is 44.2 Å². The summed E-state index contributed by atoms with van der Waals surface area (Å²) < 4.78 is 13.8. The maximum Gasteiger partial charge on any atom is 0.257 e. The Labute approximate surface area is 169 Å². The molecule has 1 heterocycles. The first-order valence-electron chi connectivity index (χ1n) is 9.28. The normalized spacial score (nSPS) is 10.7. The lowest BCUT2D eigenvalue weighted by Gasteiger charge is -2.16. The van der Waals surface area contributed by atoms with Crippen LogP contribution in [-0.4, -0.2) is 16.8 Å². The van der Waals surface area contributed by atoms with Gasteiger partial charge in [0.1, 0.15) is 5.82 Å². The van der Waals surface area contributed by atoms with E-state index in [1.54, 1.807) is 6.07 Å². The van der Waals surface area contributed by atoms with Gasteiger partial charge in [0.2, 0.25) is 0 Å². The molecule has 148 valence electrons. The van der Waals surface area contributed by atoms with E-state index in [9.17, 15) is 14.0 Å². The molecule has 3 aromatic rings. The van der Waals surface area contributed by atoms with Crippen LogP contribution in [0, 0.1) is 12.7 Å². The third kappa shape index (κ3) is 4.66. The third-order valence-electron chi connectivity index (χ3n) is 4.55. The molecule has 6 heteroatoms. The number of pyridine rings is 1. The Morgan fingerprint density at radius 3 is 2.24 bits per heavy atom. The molecule has 0 aliphatic carbocycles. The van der Waals surface area contributed by atoms with Gasteiger partial charge in [0, 0.05) is 18.1 Å². The van der Waals surface area contributed by atoms with E-state index in [1.807, 2.05) is 25.1 Å². The molecule has 0 bridgehead atoms. The maximum atomic E-state index is 13.8. The Balaban J connectivity index is 1.82. The van der Waals surface area contributed by atoms with Gasteiger partial charge in [-0.05, 0) is 42.2 Å². The predicted octanol–water partition coefficient (Wildman–Crippen LogP) is 5.16. The zero-order valence-electron chi connectivity index (χ0n) is 16.5. The highest BCUT2D eigenvalue weighted by Gasteiger charge is 2.16. The number of hydrogen-bond acceptors (Lipinski definition) is 3. The van der Waals surface area contributed by atoms with Crippen LogP contribution in [0.5, 0.6) is 0 Å². The van der Waals surface area contributed by atoms with Crippen LogP contribution in [0.3, 0.4) is 0 Å². The number of aromatic nitrogens is 1. The van der Waals surface area contributed by atoms with E-state index in [-0.39, 0.29) is 28.6 Å². The smallest absolute Gasteiger partial charge is 0.257 e. The van der Waals surface area contributed by atoms with Crippen molar-refractivity contribution in [2.75, 3.05) is 10.6 Å². The molecule has 29 heavy (non-hydrogen) atoms. The van der Waals surface area contributed by atoms with E-state index >= 15 is 0 Å². The Bertz CT molecular complexity index is 1060. The van der Waals surface area contributed by atoms with Gasteiger partial charge in [-0.25, -0.2) is 4.39 Å². The largest absolute Gasteiger partial charge is 0.321 e. The first-order valence-corrected chi connectivity index (χ1v) is 9.28. The topological polar surface area (TPSA) is 71.1 Å². The molecule has 3 rings (SSSR count). The number of amides is 2. The molecule has 0 saturated heterocycles. The van der Waals surface area contributed by atoms with Gasteiger partial charge in [0.25, 0.3) is 11.8 Å². The van der Waals surface area contributed by atoms with Crippen molar-refractivity contribution in [1.29, 1.82) is 0 Å². The molecule has 2 aromatic carbocycles. The van der Waals surface area contributed by atoms with Gasteiger partial charge in [-0.2, -0.15) is 0 Å². The van der Waals surface area contributed by atoms with Gasteiger partial charge in [0.15, 0.2) is 0 Å². The van der Waals surface area contributed by atoms with Crippen molar-refractivity contribution in [3.05, 3.63) is 89.0 Å². The molecule has 1 aromatic heterocycles. The second-order valence-corrected chi connectivity index (χ2v) is 7.04. The van der Waals surface area contributed by atoms with E-state index in [1.165, 1.54) is 36.7 Å². The molecule has 2 N–H and O–H groups in total. The minimum Gasteiger partial charge on any atom is -0.321 e. The quantitative estimate of drug-likeness (QED) is 0.631. The first kappa shape index (κ1) is 20.2. The van der Waals surface area contributed by atoms with Gasteiger partial charge < -0.3 is 10.6 Å². The van der Waals surface area contributed by atoms with Crippen LogP contribution < -0.4 is 10.6 Å². The van der Waals surface area contributed by atoms with E-state index in [0.29, 0.717) is 0 Å². The number of nitrogens with zero attached hydrogens (tertiary/aromatic N) is 1. The minimum absolute atomic E-state index is 0.0637. The van der Waals surface area contributed by atoms with E-state index in [2.05, 4.69) is 29.5 Å². The molecule has 2 amide bonds. The Kier molecular flexibility index (Phi) is 6.02. The summed E-state index contributed by atoms with van der Waals surface area (Å²) in [6, 6.07) is 13.2. The molecule has 0 saturated carbocycles. The second-order valence-electron chi connectivity index (χ2n) is 7.04. The number of carbonyl (C=O) groups is 2. The Morgan fingerprint density at radius 1 is 0.931 bits per heavy atom. The van der Waals surface area contributed by atoms with Crippen LogP contribution in [0.15, 0.2) is 60.9 Å². The summed E-state index contributed by atoms with van der Waals surface area (Å²) in [7, 11) is 0. The first-order chi connectivity index (χ1) is 13.9. The molecule has 0 aliphatic rings. The third-order valence-corrected chi connectivity index (χ3v) is 4.55. The van der Waals surface area contributed by atoms with Crippen LogP contribution in [-0.2, 0) is 0 Å². The van der Waals surface area contributed by atoms with E-state index in [0.717, 1.165) is 16.8 Å². The van der Waals surface area contributed by atoms with Crippen LogP contribution in [0.1, 0.15) is 51.6 Å². The number of nitrogens with one attached hydrogen (secondary N) is 2. The SMILES string of the molecule is Cc1cccc(C(C)C)c1NC(=O)c1cncc(C(=O)Nc2ccccc2F)c1. The summed E-state index contributed by atoms with van der Waals surface area (Å²) >= 11 is 0. The van der Waals surface area contributed by atoms with E-state index in [4.69, 9.17) is 0 Å². The van der Waals surface area contributed by atoms with Crippen LogP contribution in [0.2, 0.25) is 0 Å². The Morgan fingerprint density at radius 2 is 1.59 bits per heavy atom. The zero-order valence-corrected chi connectivity index (χ0v) is 16.5. The summed E-state index contributed by atoms with van der Waals surface area (Å²) in [4.78, 5) is 29.2. The minimum atomic E-state index is -0.545. The lowest BCUT2D eigenvalue weighted by Crippen LogP contribution is -2.18. The van der Waals surface area contributed by atoms with Crippen molar-refractivity contribution >= 4 is 23.2 Å². The Hall–Kier alpha value is -3.54. The number of para-hydroxylation sites is 2. The van der Waals surface area contributed by atoms with E-state index < -0.39 is 11.7 Å². The molecule has 0 fully saturated rings. The maximum absolute atomic E-state index is 13.8. The summed E-state index contributed by atoms with van der Waals surface area (Å²) in [5.41, 5.74) is 3.20. The molecular weight excluding hydrogens is 369 g/mol. The van der Waals surface area contributed by atoms with Gasteiger partial charge >= 0.3 is 0 Å². The fourth-order valence-electron chi connectivity index (χ4n) is 2.97. The van der Waals surface area contributed by atoms with Crippen molar-refractivity contribution in [2.45, 2.75) is 26.7 Å². The highest BCUT2D eigenvalue weighted by atomic mass is 19.1. The lowest BCUT2D eigenvalue weighted by molar-refractivity contribution is 0.102. The number of aryl methyl sites for hydroxylation is 1. The molecule has 0 unspecified atom stereocenters. The highest BCUT2D eigenvalue weighted by Crippen LogP contribution is 2.28. The molecule has 5 nitrogen and oxygen atoms in total. The molecule has 0 spiro atoms. The monoisotopic (exact) mass is 391 g/mol. The number of benzene rings is 2. The molecule has 0 aliphatic heterocycles. The highest BCUT2D eigenvalue weighted by molar-refractivity contribution is 6.08. The fourth-order valence-corrected chi connectivity index (χ4v) is 2.97. The summed E-state index contributed by atoms with van der Waals surface area (Å²) in [5, 5.41) is 5.42. The summed E-state index contributed by atoms with van der Waals surface area (Å²) in [5.74, 6) is -1.21. The van der Waals surface area contributed by atoms with Gasteiger partial charge in [0.05, 0.1) is 16.8 Å². The van der Waals surface area contributed by atoms with Crippen molar-refractivity contribution in [3.8, 4) is 0 Å². The number of carbonyl (C=O) groups excluding carboxylic acids is 2. The van der Waals surface area contributed by atoms with Crippen molar-refractivity contribution in [2.24, 2.45) is 0 Å².